The minimum absolute atomic E-state index is 0.0115. The van der Waals surface area contributed by atoms with Crippen molar-refractivity contribution in [1.82, 2.24) is 0 Å². The predicted octanol–water partition coefficient (Wildman–Crippen LogP) is 0.873. The van der Waals surface area contributed by atoms with Crippen molar-refractivity contribution >= 4 is 21.6 Å². The molecule has 0 heterocycles. The maximum atomic E-state index is 11.6. The molecule has 1 aromatic rings. The van der Waals surface area contributed by atoms with E-state index in [1.54, 1.807) is 14.0 Å². The van der Waals surface area contributed by atoms with E-state index in [0.29, 0.717) is 11.3 Å². The highest BCUT2D eigenvalue weighted by Crippen LogP contribution is 2.17. The molecule has 1 aromatic carbocycles. The number of hydrogen-bond donors (Lipinski definition) is 1. The molecule has 0 unspecified atom stereocenters. The van der Waals surface area contributed by atoms with Crippen molar-refractivity contribution in [2.45, 2.75) is 11.8 Å². The number of primary sulfonamides is 1. The lowest BCUT2D eigenvalue weighted by Gasteiger charge is -2.17. The number of carbonyl (C=O) groups excluding carboxylic acids is 1. The molecule has 2 N–H and O–H groups in total. The molecule has 0 atom stereocenters. The molecule has 0 spiro atoms. The SMILES string of the molecule is C=C(C)C(=O)N(C)c1ccc(S(N)(=O)=O)cc1. The van der Waals surface area contributed by atoms with Gasteiger partial charge in [-0.2, -0.15) is 0 Å². The quantitative estimate of drug-likeness (QED) is 0.813. The number of likely N-dealkylation sites (N-methyl/N-ethyl adjacent to an activating group) is 1. The Morgan fingerprint density at radius 2 is 1.76 bits per heavy atom. The van der Waals surface area contributed by atoms with Crippen LogP contribution in [-0.4, -0.2) is 21.4 Å². The first-order chi connectivity index (χ1) is 7.73. The first kappa shape index (κ1) is 13.4. The van der Waals surface area contributed by atoms with Gasteiger partial charge in [0.25, 0.3) is 5.91 Å². The number of nitrogens with zero attached hydrogens (tertiary/aromatic N) is 1. The van der Waals surface area contributed by atoms with E-state index in [0.717, 1.165) is 0 Å². The van der Waals surface area contributed by atoms with Gasteiger partial charge in [-0.05, 0) is 31.2 Å². The third-order valence-electron chi connectivity index (χ3n) is 2.22. The van der Waals surface area contributed by atoms with E-state index < -0.39 is 10.0 Å². The number of amides is 1. The predicted molar refractivity (Wildman–Crippen MR) is 66.0 cm³/mol. The van der Waals surface area contributed by atoms with Crippen molar-refractivity contribution in [3.8, 4) is 0 Å². The number of nitrogens with two attached hydrogens (primary N) is 1. The van der Waals surface area contributed by atoms with Gasteiger partial charge in [-0.1, -0.05) is 6.58 Å². The molecular weight excluding hydrogens is 240 g/mol. The van der Waals surface area contributed by atoms with Gasteiger partial charge in [0.2, 0.25) is 10.0 Å². The monoisotopic (exact) mass is 254 g/mol. The molecule has 1 amide bonds. The summed E-state index contributed by atoms with van der Waals surface area (Å²) >= 11 is 0. The second-order valence-electron chi connectivity index (χ2n) is 3.68. The molecule has 17 heavy (non-hydrogen) atoms. The van der Waals surface area contributed by atoms with Crippen LogP contribution in [0.25, 0.3) is 0 Å². The van der Waals surface area contributed by atoms with Crippen LogP contribution in [0.15, 0.2) is 41.3 Å². The highest BCUT2D eigenvalue weighted by atomic mass is 32.2. The number of hydrogen-bond acceptors (Lipinski definition) is 3. The number of sulfonamides is 1. The molecule has 1 rings (SSSR count). The smallest absolute Gasteiger partial charge is 0.253 e. The lowest BCUT2D eigenvalue weighted by Crippen LogP contribution is -2.26. The summed E-state index contributed by atoms with van der Waals surface area (Å²) in [7, 11) is -2.12. The van der Waals surface area contributed by atoms with Crippen LogP contribution in [0.4, 0.5) is 5.69 Å². The van der Waals surface area contributed by atoms with Gasteiger partial charge in [-0.3, -0.25) is 4.79 Å². The Balaban J connectivity index is 3.04. The fourth-order valence-corrected chi connectivity index (χ4v) is 1.78. The van der Waals surface area contributed by atoms with Crippen LogP contribution in [0.2, 0.25) is 0 Å². The van der Waals surface area contributed by atoms with Gasteiger partial charge in [0, 0.05) is 18.3 Å². The van der Waals surface area contributed by atoms with Crippen molar-refractivity contribution in [2.24, 2.45) is 5.14 Å². The molecule has 0 aliphatic heterocycles. The first-order valence-electron chi connectivity index (χ1n) is 4.80. The molecular formula is C11H14N2O3S. The largest absolute Gasteiger partial charge is 0.312 e. The van der Waals surface area contributed by atoms with E-state index in [-0.39, 0.29) is 10.8 Å². The highest BCUT2D eigenvalue weighted by Gasteiger charge is 2.13. The molecule has 0 fully saturated rings. The van der Waals surface area contributed by atoms with Crippen LogP contribution in [0.1, 0.15) is 6.92 Å². The van der Waals surface area contributed by atoms with Gasteiger partial charge in [0.15, 0.2) is 0 Å². The molecule has 0 aliphatic carbocycles. The average molecular weight is 254 g/mol. The Bertz CT molecular complexity index is 547. The van der Waals surface area contributed by atoms with Gasteiger partial charge < -0.3 is 4.90 Å². The summed E-state index contributed by atoms with van der Waals surface area (Å²) in [5, 5.41) is 4.97. The molecule has 0 bridgehead atoms. The van der Waals surface area contributed by atoms with E-state index in [2.05, 4.69) is 6.58 Å². The van der Waals surface area contributed by atoms with Gasteiger partial charge >= 0.3 is 0 Å². The third-order valence-corrected chi connectivity index (χ3v) is 3.15. The summed E-state index contributed by atoms with van der Waals surface area (Å²) in [5.41, 5.74) is 0.980. The minimum Gasteiger partial charge on any atom is -0.312 e. The van der Waals surface area contributed by atoms with Crippen molar-refractivity contribution < 1.29 is 13.2 Å². The van der Waals surface area contributed by atoms with Crippen LogP contribution >= 0.6 is 0 Å². The number of anilines is 1. The summed E-state index contributed by atoms with van der Waals surface area (Å²) in [4.78, 5) is 13.0. The fraction of sp³-hybridized carbons (Fsp3) is 0.182. The second kappa shape index (κ2) is 4.68. The first-order valence-corrected chi connectivity index (χ1v) is 6.34. The summed E-state index contributed by atoms with van der Waals surface area (Å²) in [6.45, 7) is 5.16. The molecule has 5 nitrogen and oxygen atoms in total. The van der Waals surface area contributed by atoms with Gasteiger partial charge in [-0.15, -0.1) is 0 Å². The molecule has 0 aliphatic rings. The molecule has 92 valence electrons. The summed E-state index contributed by atoms with van der Waals surface area (Å²) < 4.78 is 22.1. The van der Waals surface area contributed by atoms with Gasteiger partial charge in [0.05, 0.1) is 4.90 Å². The van der Waals surface area contributed by atoms with Crippen LogP contribution < -0.4 is 10.0 Å². The second-order valence-corrected chi connectivity index (χ2v) is 5.24. The molecule has 0 saturated heterocycles. The van der Waals surface area contributed by atoms with Crippen LogP contribution in [0, 0.1) is 0 Å². The molecule has 0 radical (unpaired) electrons. The number of benzene rings is 1. The van der Waals surface area contributed by atoms with Crippen LogP contribution in [-0.2, 0) is 14.8 Å². The van der Waals surface area contributed by atoms with E-state index in [1.165, 1.54) is 29.2 Å². The Kier molecular flexibility index (Phi) is 3.69. The van der Waals surface area contributed by atoms with E-state index in [4.69, 9.17) is 5.14 Å². The molecule has 6 heteroatoms. The summed E-state index contributed by atoms with van der Waals surface area (Å²) in [5.74, 6) is -0.228. The van der Waals surface area contributed by atoms with Gasteiger partial charge in [-0.25, -0.2) is 13.6 Å². The Morgan fingerprint density at radius 3 is 2.12 bits per heavy atom. The maximum absolute atomic E-state index is 11.6. The third kappa shape index (κ3) is 3.15. The Labute approximate surface area is 101 Å². The van der Waals surface area contributed by atoms with Crippen molar-refractivity contribution in [3.05, 3.63) is 36.4 Å². The van der Waals surface area contributed by atoms with Crippen molar-refractivity contribution in [3.63, 3.8) is 0 Å². The maximum Gasteiger partial charge on any atom is 0.253 e. The number of carbonyl (C=O) groups is 1. The lowest BCUT2D eigenvalue weighted by molar-refractivity contribution is -0.114. The van der Waals surface area contributed by atoms with Crippen LogP contribution in [0.5, 0.6) is 0 Å². The van der Waals surface area contributed by atoms with Crippen molar-refractivity contribution in [2.75, 3.05) is 11.9 Å². The lowest BCUT2D eigenvalue weighted by atomic mass is 10.2. The van der Waals surface area contributed by atoms with E-state index in [1.807, 2.05) is 0 Å². The zero-order chi connectivity index (χ0) is 13.2. The Hall–Kier alpha value is -1.66. The van der Waals surface area contributed by atoms with Gasteiger partial charge in [0.1, 0.15) is 0 Å². The Morgan fingerprint density at radius 1 is 1.29 bits per heavy atom. The zero-order valence-corrected chi connectivity index (χ0v) is 10.5. The summed E-state index contributed by atoms with van der Waals surface area (Å²) in [6.07, 6.45) is 0. The molecule has 0 aromatic heterocycles. The van der Waals surface area contributed by atoms with Crippen LogP contribution in [0.3, 0.4) is 0 Å². The normalized spacial score (nSPS) is 11.0. The number of rotatable bonds is 3. The van der Waals surface area contributed by atoms with Crippen molar-refractivity contribution in [1.29, 1.82) is 0 Å². The fourth-order valence-electron chi connectivity index (χ4n) is 1.26. The summed E-state index contributed by atoms with van der Waals surface area (Å²) in [6, 6.07) is 5.74. The van der Waals surface area contributed by atoms with E-state index in [9.17, 15) is 13.2 Å². The highest BCUT2D eigenvalue weighted by molar-refractivity contribution is 7.89. The minimum atomic E-state index is -3.70. The average Bonchev–Trinajstić information content (AvgIpc) is 2.26. The van der Waals surface area contributed by atoms with E-state index >= 15 is 0 Å². The standard InChI is InChI=1S/C11H14N2O3S/c1-8(2)11(14)13(3)9-4-6-10(7-5-9)17(12,15)16/h4-7H,1H2,2-3H3,(H2,12,15,16). The topological polar surface area (TPSA) is 80.5 Å². The molecule has 0 saturated carbocycles. The zero-order valence-electron chi connectivity index (χ0n) is 9.67.